The first-order chi connectivity index (χ1) is 9.61. The van der Waals surface area contributed by atoms with Crippen LogP contribution in [0.5, 0.6) is 0 Å². The number of nitrogens with zero attached hydrogens (tertiary/aromatic N) is 2. The van der Waals surface area contributed by atoms with Crippen molar-refractivity contribution in [3.05, 3.63) is 36.7 Å². The normalized spacial score (nSPS) is 12.2. The molecule has 1 aromatic heterocycles. The van der Waals surface area contributed by atoms with Crippen molar-refractivity contribution in [3.63, 3.8) is 0 Å². The molecule has 0 aliphatic heterocycles. The fourth-order valence-corrected chi connectivity index (χ4v) is 4.20. The summed E-state index contributed by atoms with van der Waals surface area (Å²) in [5, 5.41) is 1.51. The quantitative estimate of drug-likeness (QED) is 0.771. The molecule has 0 bridgehead atoms. The maximum absolute atomic E-state index is 12.8. The third kappa shape index (κ3) is 2.95. The number of pyridine rings is 1. The van der Waals surface area contributed by atoms with E-state index in [9.17, 15) is 8.42 Å². The summed E-state index contributed by atoms with van der Waals surface area (Å²) < 4.78 is 27.0. The molecular weight excluding hydrogens is 296 g/mol. The molecule has 0 saturated heterocycles. The zero-order chi connectivity index (χ0) is 14.6. The van der Waals surface area contributed by atoms with Gasteiger partial charge in [0.15, 0.2) is 0 Å². The van der Waals surface area contributed by atoms with E-state index in [0.29, 0.717) is 23.4 Å². The topological polar surface area (TPSA) is 50.3 Å². The molecule has 0 amide bonds. The summed E-state index contributed by atoms with van der Waals surface area (Å²) in [4.78, 5) is 4.34. The fourth-order valence-electron chi connectivity index (χ4n) is 2.15. The summed E-state index contributed by atoms with van der Waals surface area (Å²) in [5.41, 5.74) is 0. The summed E-state index contributed by atoms with van der Waals surface area (Å²) in [5.74, 6) is 0.283. The molecule has 0 fully saturated rings. The number of halogens is 1. The van der Waals surface area contributed by atoms with E-state index in [4.69, 9.17) is 11.6 Å². The Morgan fingerprint density at radius 2 is 2.05 bits per heavy atom. The minimum absolute atomic E-state index is 0.283. The molecule has 2 rings (SSSR count). The van der Waals surface area contributed by atoms with Crippen molar-refractivity contribution in [2.75, 3.05) is 19.0 Å². The van der Waals surface area contributed by atoms with E-state index in [2.05, 4.69) is 4.98 Å². The van der Waals surface area contributed by atoms with Crippen molar-refractivity contribution in [2.45, 2.75) is 18.2 Å². The monoisotopic (exact) mass is 312 g/mol. The summed E-state index contributed by atoms with van der Waals surface area (Å²) in [6.07, 6.45) is 4.02. The maximum Gasteiger partial charge on any atom is 0.243 e. The van der Waals surface area contributed by atoms with Crippen LogP contribution in [0.2, 0.25) is 0 Å². The summed E-state index contributed by atoms with van der Waals surface area (Å²) >= 11 is 5.73. The van der Waals surface area contributed by atoms with E-state index < -0.39 is 10.0 Å². The van der Waals surface area contributed by atoms with E-state index in [1.165, 1.54) is 4.31 Å². The second-order valence-electron chi connectivity index (χ2n) is 4.45. The van der Waals surface area contributed by atoms with Crippen LogP contribution in [0.15, 0.2) is 41.6 Å². The van der Waals surface area contributed by atoms with Gasteiger partial charge >= 0.3 is 0 Å². The van der Waals surface area contributed by atoms with Gasteiger partial charge in [-0.05, 0) is 18.6 Å². The van der Waals surface area contributed by atoms with Gasteiger partial charge < -0.3 is 0 Å². The summed E-state index contributed by atoms with van der Waals surface area (Å²) in [7, 11) is -3.53. The van der Waals surface area contributed by atoms with Crippen LogP contribution in [0.1, 0.15) is 13.3 Å². The Bertz CT molecular complexity index is 677. The molecule has 20 heavy (non-hydrogen) atoms. The smallest absolute Gasteiger partial charge is 0.243 e. The van der Waals surface area contributed by atoms with Gasteiger partial charge in [0.05, 0.1) is 4.90 Å². The van der Waals surface area contributed by atoms with E-state index in [0.717, 1.165) is 11.8 Å². The van der Waals surface area contributed by atoms with Crippen molar-refractivity contribution < 1.29 is 8.42 Å². The Morgan fingerprint density at radius 1 is 1.25 bits per heavy atom. The van der Waals surface area contributed by atoms with Crippen molar-refractivity contribution in [1.82, 2.24) is 9.29 Å². The zero-order valence-electron chi connectivity index (χ0n) is 11.3. The Morgan fingerprint density at radius 3 is 2.75 bits per heavy atom. The van der Waals surface area contributed by atoms with Crippen molar-refractivity contribution >= 4 is 32.4 Å². The van der Waals surface area contributed by atoms with Crippen molar-refractivity contribution in [1.29, 1.82) is 0 Å². The molecule has 108 valence electrons. The number of alkyl halides is 1. The molecule has 0 aliphatic carbocycles. The van der Waals surface area contributed by atoms with Crippen LogP contribution in [0.4, 0.5) is 0 Å². The number of hydrogen-bond donors (Lipinski definition) is 0. The minimum atomic E-state index is -3.53. The molecule has 0 saturated carbocycles. The number of rotatable bonds is 6. The number of hydrogen-bond acceptors (Lipinski definition) is 3. The Balaban J connectivity index is 2.56. The van der Waals surface area contributed by atoms with Gasteiger partial charge in [0, 0.05) is 42.1 Å². The van der Waals surface area contributed by atoms with Gasteiger partial charge in [-0.25, -0.2) is 8.42 Å². The van der Waals surface area contributed by atoms with Crippen LogP contribution in [-0.4, -0.2) is 36.7 Å². The van der Waals surface area contributed by atoms with Gasteiger partial charge in [-0.2, -0.15) is 4.31 Å². The molecule has 0 radical (unpaired) electrons. The predicted molar refractivity (Wildman–Crippen MR) is 81.5 cm³/mol. The lowest BCUT2D eigenvalue weighted by Crippen LogP contribution is -2.33. The average molecular weight is 313 g/mol. The maximum atomic E-state index is 12.8. The number of sulfonamides is 1. The highest BCUT2D eigenvalue weighted by molar-refractivity contribution is 7.89. The second kappa shape index (κ2) is 6.52. The van der Waals surface area contributed by atoms with Crippen LogP contribution in [0, 0.1) is 0 Å². The lowest BCUT2D eigenvalue weighted by atomic mass is 10.2. The third-order valence-electron chi connectivity index (χ3n) is 3.07. The van der Waals surface area contributed by atoms with Gasteiger partial charge in [-0.1, -0.05) is 19.1 Å². The Hall–Kier alpha value is -1.17. The number of fused-ring (bicyclic) bond motifs is 1. The molecule has 0 unspecified atom stereocenters. The van der Waals surface area contributed by atoms with Crippen molar-refractivity contribution in [3.8, 4) is 0 Å². The van der Waals surface area contributed by atoms with E-state index in [1.807, 2.05) is 13.0 Å². The average Bonchev–Trinajstić information content (AvgIpc) is 2.46. The molecule has 0 spiro atoms. The molecule has 1 aromatic carbocycles. The van der Waals surface area contributed by atoms with Crippen LogP contribution in [0.3, 0.4) is 0 Å². The van der Waals surface area contributed by atoms with E-state index in [1.54, 1.807) is 30.6 Å². The molecule has 6 heteroatoms. The van der Waals surface area contributed by atoms with Crippen molar-refractivity contribution in [2.24, 2.45) is 0 Å². The molecule has 0 N–H and O–H groups in total. The Labute approximate surface area is 124 Å². The SMILES string of the molecule is CCCN(CCCl)S(=O)(=O)c1cccc2cnccc12. The first kappa shape index (κ1) is 15.2. The standard InChI is InChI=1S/C14H17ClN2O2S/c1-2-9-17(10-7-15)20(18,19)14-5-3-4-12-11-16-8-6-13(12)14/h3-6,8,11H,2,7,9-10H2,1H3. The third-order valence-corrected chi connectivity index (χ3v) is 5.19. The van der Waals surface area contributed by atoms with Gasteiger partial charge in [0.25, 0.3) is 0 Å². The lowest BCUT2D eigenvalue weighted by molar-refractivity contribution is 0.429. The molecule has 0 atom stereocenters. The molecule has 1 heterocycles. The highest BCUT2D eigenvalue weighted by atomic mass is 35.5. The Kier molecular flexibility index (Phi) is 4.96. The fraction of sp³-hybridized carbons (Fsp3) is 0.357. The highest BCUT2D eigenvalue weighted by Gasteiger charge is 2.24. The van der Waals surface area contributed by atoms with Crippen LogP contribution < -0.4 is 0 Å². The number of aromatic nitrogens is 1. The molecule has 2 aromatic rings. The zero-order valence-corrected chi connectivity index (χ0v) is 12.9. The molecular formula is C14H17ClN2O2S. The van der Waals surface area contributed by atoms with E-state index >= 15 is 0 Å². The van der Waals surface area contributed by atoms with Crippen LogP contribution in [0.25, 0.3) is 10.8 Å². The van der Waals surface area contributed by atoms with Gasteiger partial charge in [0.1, 0.15) is 0 Å². The van der Waals surface area contributed by atoms with Crippen LogP contribution >= 0.6 is 11.6 Å². The predicted octanol–water partition coefficient (Wildman–Crippen LogP) is 2.87. The minimum Gasteiger partial charge on any atom is -0.264 e. The highest BCUT2D eigenvalue weighted by Crippen LogP contribution is 2.25. The van der Waals surface area contributed by atoms with E-state index in [-0.39, 0.29) is 5.88 Å². The molecule has 0 aliphatic rings. The second-order valence-corrected chi connectivity index (χ2v) is 6.73. The van der Waals surface area contributed by atoms with Gasteiger partial charge in [-0.3, -0.25) is 4.98 Å². The van der Waals surface area contributed by atoms with Crippen LogP contribution in [-0.2, 0) is 10.0 Å². The number of benzene rings is 1. The molecule has 4 nitrogen and oxygen atoms in total. The van der Waals surface area contributed by atoms with Gasteiger partial charge in [0.2, 0.25) is 10.0 Å². The summed E-state index contributed by atoms with van der Waals surface area (Å²) in [6.45, 7) is 2.74. The van der Waals surface area contributed by atoms with Gasteiger partial charge in [-0.15, -0.1) is 11.6 Å². The first-order valence-corrected chi connectivity index (χ1v) is 8.47. The largest absolute Gasteiger partial charge is 0.264 e. The lowest BCUT2D eigenvalue weighted by Gasteiger charge is -2.21. The first-order valence-electron chi connectivity index (χ1n) is 6.50. The summed E-state index contributed by atoms with van der Waals surface area (Å²) in [6, 6.07) is 6.95.